The zero-order chi connectivity index (χ0) is 16.1. The fourth-order valence-corrected chi connectivity index (χ4v) is 2.65. The van der Waals surface area contributed by atoms with Crippen molar-refractivity contribution in [3.05, 3.63) is 60.2 Å². The van der Waals surface area contributed by atoms with Crippen molar-refractivity contribution in [3.8, 4) is 0 Å². The minimum atomic E-state index is -0.0798. The van der Waals surface area contributed by atoms with E-state index in [2.05, 4.69) is 9.97 Å². The van der Waals surface area contributed by atoms with Crippen LogP contribution >= 0.6 is 0 Å². The molecule has 1 saturated heterocycles. The van der Waals surface area contributed by atoms with Gasteiger partial charge in [-0.05, 0) is 30.7 Å². The third-order valence-electron chi connectivity index (χ3n) is 3.88. The van der Waals surface area contributed by atoms with Crippen molar-refractivity contribution in [2.45, 2.75) is 6.42 Å². The van der Waals surface area contributed by atoms with Crippen LogP contribution in [-0.2, 0) is 0 Å². The Bertz CT molecular complexity index is 616. The predicted molar refractivity (Wildman–Crippen MR) is 84.9 cm³/mol. The summed E-state index contributed by atoms with van der Waals surface area (Å²) in [6, 6.07) is 8.73. The van der Waals surface area contributed by atoms with Crippen LogP contribution in [0.1, 0.15) is 27.3 Å². The zero-order valence-electron chi connectivity index (χ0n) is 12.8. The molecule has 1 fully saturated rings. The molecule has 0 spiro atoms. The van der Waals surface area contributed by atoms with Crippen LogP contribution < -0.4 is 0 Å². The van der Waals surface area contributed by atoms with Gasteiger partial charge in [0.05, 0.1) is 0 Å². The zero-order valence-corrected chi connectivity index (χ0v) is 12.8. The molecule has 6 nitrogen and oxygen atoms in total. The lowest BCUT2D eigenvalue weighted by atomic mass is 10.2. The summed E-state index contributed by atoms with van der Waals surface area (Å²) in [7, 11) is 0. The van der Waals surface area contributed by atoms with Crippen molar-refractivity contribution in [1.82, 2.24) is 19.8 Å². The maximum atomic E-state index is 12.5. The van der Waals surface area contributed by atoms with Gasteiger partial charge in [0.1, 0.15) is 5.69 Å². The average Bonchev–Trinajstić information content (AvgIpc) is 2.88. The van der Waals surface area contributed by atoms with Crippen LogP contribution in [0.3, 0.4) is 0 Å². The Hall–Kier alpha value is -2.76. The first-order valence-corrected chi connectivity index (χ1v) is 7.65. The maximum Gasteiger partial charge on any atom is 0.272 e. The second kappa shape index (κ2) is 7.00. The van der Waals surface area contributed by atoms with E-state index in [0.717, 1.165) is 6.42 Å². The minimum absolute atomic E-state index is 0.0143. The molecule has 118 valence electrons. The lowest BCUT2D eigenvalue weighted by Crippen LogP contribution is -2.37. The quantitative estimate of drug-likeness (QED) is 0.842. The molecule has 2 amide bonds. The van der Waals surface area contributed by atoms with Crippen LogP contribution in [0.25, 0.3) is 0 Å². The molecular weight excluding hydrogens is 292 g/mol. The number of rotatable bonds is 2. The highest BCUT2D eigenvalue weighted by Gasteiger charge is 2.23. The summed E-state index contributed by atoms with van der Waals surface area (Å²) >= 11 is 0. The summed E-state index contributed by atoms with van der Waals surface area (Å²) in [5.41, 5.74) is 1.07. The van der Waals surface area contributed by atoms with E-state index in [-0.39, 0.29) is 11.8 Å². The number of carbonyl (C=O) groups excluding carboxylic acids is 2. The van der Waals surface area contributed by atoms with Gasteiger partial charge in [-0.25, -0.2) is 0 Å². The Labute approximate surface area is 134 Å². The first-order valence-electron chi connectivity index (χ1n) is 7.65. The Morgan fingerprint density at radius 2 is 1.52 bits per heavy atom. The van der Waals surface area contributed by atoms with Crippen LogP contribution in [-0.4, -0.2) is 57.8 Å². The first-order chi connectivity index (χ1) is 11.3. The molecule has 0 radical (unpaired) electrons. The first kappa shape index (κ1) is 15.1. The van der Waals surface area contributed by atoms with E-state index in [1.807, 2.05) is 0 Å². The van der Waals surface area contributed by atoms with Gasteiger partial charge in [-0.2, -0.15) is 0 Å². The Morgan fingerprint density at radius 1 is 0.826 bits per heavy atom. The largest absolute Gasteiger partial charge is 0.337 e. The van der Waals surface area contributed by atoms with Gasteiger partial charge < -0.3 is 9.80 Å². The van der Waals surface area contributed by atoms with Gasteiger partial charge in [0, 0.05) is 50.3 Å². The van der Waals surface area contributed by atoms with Crippen molar-refractivity contribution in [3.63, 3.8) is 0 Å². The topological polar surface area (TPSA) is 66.4 Å². The molecule has 0 N–H and O–H groups in total. The van der Waals surface area contributed by atoms with Crippen LogP contribution in [0.2, 0.25) is 0 Å². The maximum absolute atomic E-state index is 12.5. The Morgan fingerprint density at radius 3 is 2.17 bits per heavy atom. The molecule has 3 rings (SSSR count). The van der Waals surface area contributed by atoms with Gasteiger partial charge in [-0.15, -0.1) is 0 Å². The van der Waals surface area contributed by atoms with Crippen molar-refractivity contribution in [2.24, 2.45) is 0 Å². The molecule has 2 aromatic rings. The third-order valence-corrected chi connectivity index (χ3v) is 3.88. The number of aromatic nitrogens is 2. The number of carbonyl (C=O) groups is 2. The van der Waals surface area contributed by atoms with Crippen molar-refractivity contribution >= 4 is 11.8 Å². The molecular formula is C17H18N4O2. The van der Waals surface area contributed by atoms with Crippen molar-refractivity contribution < 1.29 is 9.59 Å². The molecule has 6 heteroatoms. The van der Waals surface area contributed by atoms with E-state index in [4.69, 9.17) is 0 Å². The normalized spacial score (nSPS) is 15.1. The standard InChI is InChI=1S/C17H18N4O2/c22-16(14-5-8-18-9-6-14)20-10-3-11-21(13-12-20)17(23)15-4-1-2-7-19-15/h1-2,4-9H,3,10-13H2. The number of amides is 2. The molecule has 0 atom stereocenters. The van der Waals surface area contributed by atoms with Gasteiger partial charge >= 0.3 is 0 Å². The molecule has 0 bridgehead atoms. The SMILES string of the molecule is O=C(c1ccncc1)N1CCCN(C(=O)c2ccccn2)CC1. The van der Waals surface area contributed by atoms with Gasteiger partial charge in [-0.3, -0.25) is 19.6 Å². The van der Waals surface area contributed by atoms with Gasteiger partial charge in [0.25, 0.3) is 11.8 Å². The van der Waals surface area contributed by atoms with Gasteiger partial charge in [0.2, 0.25) is 0 Å². The summed E-state index contributed by atoms with van der Waals surface area (Å²) in [5.74, 6) is -0.0941. The molecule has 0 aromatic carbocycles. The van der Waals surface area contributed by atoms with Crippen LogP contribution in [0.15, 0.2) is 48.9 Å². The van der Waals surface area contributed by atoms with Crippen molar-refractivity contribution in [2.75, 3.05) is 26.2 Å². The second-order valence-electron chi connectivity index (χ2n) is 5.39. The summed E-state index contributed by atoms with van der Waals surface area (Å²) in [5, 5.41) is 0. The molecule has 1 aliphatic rings. The predicted octanol–water partition coefficient (Wildman–Crippen LogP) is 1.46. The smallest absolute Gasteiger partial charge is 0.272 e. The van der Waals surface area contributed by atoms with E-state index in [1.165, 1.54) is 0 Å². The Balaban J connectivity index is 1.66. The summed E-state index contributed by atoms with van der Waals surface area (Å²) < 4.78 is 0. The van der Waals surface area contributed by atoms with E-state index in [1.54, 1.807) is 58.7 Å². The number of pyridine rings is 2. The Kier molecular flexibility index (Phi) is 4.61. The lowest BCUT2D eigenvalue weighted by molar-refractivity contribution is 0.0715. The molecule has 0 aliphatic carbocycles. The number of nitrogens with zero attached hydrogens (tertiary/aromatic N) is 4. The molecule has 2 aromatic heterocycles. The molecule has 0 saturated carbocycles. The molecule has 3 heterocycles. The highest BCUT2D eigenvalue weighted by molar-refractivity contribution is 5.94. The van der Waals surface area contributed by atoms with Gasteiger partial charge in [0.15, 0.2) is 0 Å². The van der Waals surface area contributed by atoms with Crippen LogP contribution in [0.4, 0.5) is 0 Å². The second-order valence-corrected chi connectivity index (χ2v) is 5.39. The van der Waals surface area contributed by atoms with Crippen molar-refractivity contribution in [1.29, 1.82) is 0 Å². The molecule has 1 aliphatic heterocycles. The number of hydrogen-bond acceptors (Lipinski definition) is 4. The lowest BCUT2D eigenvalue weighted by Gasteiger charge is -2.22. The third kappa shape index (κ3) is 3.53. The highest BCUT2D eigenvalue weighted by atomic mass is 16.2. The van der Waals surface area contributed by atoms with E-state index in [9.17, 15) is 9.59 Å². The number of hydrogen-bond donors (Lipinski definition) is 0. The molecule has 23 heavy (non-hydrogen) atoms. The summed E-state index contributed by atoms with van der Waals surface area (Å²) in [6.07, 6.45) is 5.60. The average molecular weight is 310 g/mol. The van der Waals surface area contributed by atoms with E-state index < -0.39 is 0 Å². The summed E-state index contributed by atoms with van der Waals surface area (Å²) in [4.78, 5) is 36.5. The molecule has 0 unspecified atom stereocenters. The summed E-state index contributed by atoms with van der Waals surface area (Å²) in [6.45, 7) is 2.33. The fraction of sp³-hybridized carbons (Fsp3) is 0.294. The van der Waals surface area contributed by atoms with E-state index >= 15 is 0 Å². The van der Waals surface area contributed by atoms with E-state index in [0.29, 0.717) is 37.4 Å². The monoisotopic (exact) mass is 310 g/mol. The van der Waals surface area contributed by atoms with Gasteiger partial charge in [-0.1, -0.05) is 6.07 Å². The van der Waals surface area contributed by atoms with Crippen LogP contribution in [0, 0.1) is 0 Å². The fourth-order valence-electron chi connectivity index (χ4n) is 2.65. The van der Waals surface area contributed by atoms with Crippen LogP contribution in [0.5, 0.6) is 0 Å². The highest BCUT2D eigenvalue weighted by Crippen LogP contribution is 2.11. The minimum Gasteiger partial charge on any atom is -0.337 e.